The molecule has 2 heterocycles. The summed E-state index contributed by atoms with van der Waals surface area (Å²) in [6.45, 7) is 0. The standard InChI is InChI=1S/C45H22B5N3S/c46-38-37(39(47)41(49)42(50)40(38)48)45-52-43(23-9-2-1-3-10-23)51-44(53-45)25-18-20-32-35(22-25)54-34-16-8-15-26(36(32)34)24-17-19-31-29-13-5-4-11-27(29)28-12-6-7-14-30(28)33(31)21-24/h1-22H. The molecule has 9 heteroatoms. The Morgan fingerprint density at radius 2 is 0.870 bits per heavy atom. The fourth-order valence-electron chi connectivity index (χ4n) is 7.70. The largest absolute Gasteiger partial charge is 0.208 e. The molecule has 0 atom stereocenters. The molecule has 0 aliphatic heterocycles. The number of nitrogens with zero attached hydrogens (tertiary/aromatic N) is 3. The van der Waals surface area contributed by atoms with Gasteiger partial charge in [-0.05, 0) is 61.6 Å². The molecule has 0 aliphatic carbocycles. The van der Waals surface area contributed by atoms with E-state index in [4.69, 9.17) is 54.2 Å². The molecule has 0 bridgehead atoms. The molecule has 0 saturated heterocycles. The molecule has 8 aromatic carbocycles. The molecule has 0 N–H and O–H groups in total. The SMILES string of the molecule is [B]c1c([B])c([B])c(-c2nc(-c3ccccc3)nc(-c3ccc4c(c3)sc3cccc(-c5ccc6c7ccccc7c7ccccc7c6c5)c34)n2)c([B])c1[B]. The van der Waals surface area contributed by atoms with Crippen molar-refractivity contribution in [2.24, 2.45) is 0 Å². The first-order valence-corrected chi connectivity index (χ1v) is 18.3. The highest BCUT2D eigenvalue weighted by atomic mass is 32.1. The van der Waals surface area contributed by atoms with E-state index in [2.05, 4.69) is 103 Å². The summed E-state index contributed by atoms with van der Waals surface area (Å²) in [4.78, 5) is 14.6. The predicted molar refractivity (Wildman–Crippen MR) is 234 cm³/mol. The molecule has 0 fully saturated rings. The molecular formula is C45H22B5N3S. The smallest absolute Gasteiger partial charge is 0.164 e. The molecule has 2 aromatic heterocycles. The van der Waals surface area contributed by atoms with Gasteiger partial charge >= 0.3 is 0 Å². The van der Waals surface area contributed by atoms with Crippen LogP contribution in [0.4, 0.5) is 0 Å². The van der Waals surface area contributed by atoms with Gasteiger partial charge < -0.3 is 0 Å². The lowest BCUT2D eigenvalue weighted by molar-refractivity contribution is 1.08. The van der Waals surface area contributed by atoms with Gasteiger partial charge in [0.05, 0.1) is 0 Å². The highest BCUT2D eigenvalue weighted by Gasteiger charge is 2.20. The normalized spacial score (nSPS) is 11.7. The zero-order valence-electron chi connectivity index (χ0n) is 28.8. The summed E-state index contributed by atoms with van der Waals surface area (Å²) in [6.07, 6.45) is 0. The van der Waals surface area contributed by atoms with Gasteiger partial charge in [-0.1, -0.05) is 126 Å². The van der Waals surface area contributed by atoms with Crippen LogP contribution < -0.4 is 27.3 Å². The summed E-state index contributed by atoms with van der Waals surface area (Å²) in [7, 11) is 31.6. The Kier molecular flexibility index (Phi) is 7.64. The zero-order chi connectivity index (χ0) is 36.7. The molecular weight excluding hydrogens is 669 g/mol. The Morgan fingerprint density at radius 1 is 0.352 bits per heavy atom. The number of hydrogen-bond acceptors (Lipinski definition) is 4. The Labute approximate surface area is 322 Å². The van der Waals surface area contributed by atoms with Crippen LogP contribution in [0.15, 0.2) is 133 Å². The topological polar surface area (TPSA) is 38.7 Å². The lowest BCUT2D eigenvalue weighted by atomic mass is 9.60. The van der Waals surface area contributed by atoms with Crippen LogP contribution in [-0.2, 0) is 0 Å². The number of benzene rings is 8. The molecule has 10 aromatic rings. The summed E-state index contributed by atoms with van der Waals surface area (Å²) < 4.78 is 2.30. The van der Waals surface area contributed by atoms with Crippen LogP contribution >= 0.6 is 11.3 Å². The molecule has 10 radical (unpaired) electrons. The van der Waals surface area contributed by atoms with Crippen LogP contribution in [0.2, 0.25) is 0 Å². The zero-order valence-corrected chi connectivity index (χ0v) is 29.7. The molecule has 0 spiro atoms. The third-order valence-electron chi connectivity index (χ3n) is 10.4. The first-order chi connectivity index (χ1) is 26.4. The maximum Gasteiger partial charge on any atom is 0.164 e. The van der Waals surface area contributed by atoms with Gasteiger partial charge in [-0.2, -0.15) is 0 Å². The maximum absolute atomic E-state index is 6.49. The van der Waals surface area contributed by atoms with Crippen molar-refractivity contribution in [2.75, 3.05) is 0 Å². The van der Waals surface area contributed by atoms with Crippen molar-refractivity contribution in [3.05, 3.63) is 133 Å². The number of rotatable bonds is 4. The van der Waals surface area contributed by atoms with Crippen LogP contribution in [0.1, 0.15) is 0 Å². The third kappa shape index (κ3) is 5.06. The van der Waals surface area contributed by atoms with Crippen molar-refractivity contribution in [2.45, 2.75) is 0 Å². The summed E-state index contributed by atoms with van der Waals surface area (Å²) in [5, 5.41) is 9.89. The second-order valence-corrected chi connectivity index (χ2v) is 14.5. The molecule has 0 amide bonds. The van der Waals surface area contributed by atoms with Gasteiger partial charge in [-0.3, -0.25) is 0 Å². The molecule has 0 saturated carbocycles. The minimum Gasteiger partial charge on any atom is -0.208 e. The van der Waals surface area contributed by atoms with Crippen LogP contribution in [0.3, 0.4) is 0 Å². The third-order valence-corrected chi connectivity index (χ3v) is 11.5. The number of hydrogen-bond donors (Lipinski definition) is 0. The second-order valence-electron chi connectivity index (χ2n) is 13.5. The van der Waals surface area contributed by atoms with E-state index in [9.17, 15) is 0 Å². The van der Waals surface area contributed by atoms with E-state index in [1.807, 2.05) is 30.3 Å². The second kappa shape index (κ2) is 12.6. The molecule has 0 aliphatic rings. The Morgan fingerprint density at radius 3 is 1.54 bits per heavy atom. The quantitative estimate of drug-likeness (QED) is 0.160. The van der Waals surface area contributed by atoms with Gasteiger partial charge in [0, 0.05) is 36.9 Å². The Bertz CT molecular complexity index is 3120. The number of aromatic nitrogens is 3. The van der Waals surface area contributed by atoms with Crippen molar-refractivity contribution < 1.29 is 0 Å². The fourth-order valence-corrected chi connectivity index (χ4v) is 8.88. The summed E-state index contributed by atoms with van der Waals surface area (Å²) in [6, 6.07) is 46.8. The van der Waals surface area contributed by atoms with Gasteiger partial charge in [-0.25, -0.2) is 15.0 Å². The van der Waals surface area contributed by atoms with Crippen molar-refractivity contribution in [3.63, 3.8) is 0 Å². The molecule has 0 unspecified atom stereocenters. The summed E-state index contributed by atoms with van der Waals surface area (Å²) in [5.41, 5.74) is 5.03. The minimum atomic E-state index is 0.131. The lowest BCUT2D eigenvalue weighted by Crippen LogP contribution is -2.55. The predicted octanol–water partition coefficient (Wildman–Crippen LogP) is 6.34. The van der Waals surface area contributed by atoms with Crippen LogP contribution in [0.25, 0.3) is 97.8 Å². The van der Waals surface area contributed by atoms with E-state index in [1.54, 1.807) is 11.3 Å². The molecule has 54 heavy (non-hydrogen) atoms. The maximum atomic E-state index is 6.49. The van der Waals surface area contributed by atoms with Crippen molar-refractivity contribution >= 4 is 130 Å². The fraction of sp³-hybridized carbons (Fsp3) is 0. The average molecular weight is 691 g/mol. The average Bonchev–Trinajstić information content (AvgIpc) is 3.61. The van der Waals surface area contributed by atoms with Gasteiger partial charge in [-0.15, -0.1) is 27.7 Å². The van der Waals surface area contributed by atoms with E-state index in [0.717, 1.165) is 21.2 Å². The number of fused-ring (bicyclic) bond motifs is 9. The first-order valence-electron chi connectivity index (χ1n) is 17.5. The Hall–Kier alpha value is -5.91. The van der Waals surface area contributed by atoms with E-state index in [-0.39, 0.29) is 33.1 Å². The van der Waals surface area contributed by atoms with Crippen LogP contribution in [0.5, 0.6) is 0 Å². The van der Waals surface area contributed by atoms with Gasteiger partial charge in [0.25, 0.3) is 0 Å². The highest BCUT2D eigenvalue weighted by Crippen LogP contribution is 2.43. The Balaban J connectivity index is 1.15. The van der Waals surface area contributed by atoms with Crippen LogP contribution in [0, 0.1) is 0 Å². The summed E-state index contributed by atoms with van der Waals surface area (Å²) >= 11 is 1.74. The lowest BCUT2D eigenvalue weighted by Gasteiger charge is -2.20. The minimum absolute atomic E-state index is 0.131. The number of thiophene rings is 1. The van der Waals surface area contributed by atoms with E-state index < -0.39 is 0 Å². The van der Waals surface area contributed by atoms with Crippen molar-refractivity contribution in [1.82, 2.24) is 15.0 Å². The first kappa shape index (κ1) is 32.7. The van der Waals surface area contributed by atoms with Gasteiger partial charge in [0.1, 0.15) is 39.2 Å². The van der Waals surface area contributed by atoms with Gasteiger partial charge in [0.2, 0.25) is 0 Å². The van der Waals surface area contributed by atoms with E-state index >= 15 is 0 Å². The summed E-state index contributed by atoms with van der Waals surface area (Å²) in [5.74, 6) is 1.17. The van der Waals surface area contributed by atoms with Crippen molar-refractivity contribution in [3.8, 4) is 45.3 Å². The highest BCUT2D eigenvalue weighted by molar-refractivity contribution is 7.26. The van der Waals surface area contributed by atoms with E-state index in [0.29, 0.717) is 17.2 Å². The van der Waals surface area contributed by atoms with E-state index in [1.165, 1.54) is 53.5 Å². The van der Waals surface area contributed by atoms with Crippen molar-refractivity contribution in [1.29, 1.82) is 0 Å². The van der Waals surface area contributed by atoms with Crippen LogP contribution in [-0.4, -0.2) is 54.2 Å². The molecule has 10 rings (SSSR count). The molecule has 238 valence electrons. The van der Waals surface area contributed by atoms with Gasteiger partial charge in [0.15, 0.2) is 17.5 Å². The monoisotopic (exact) mass is 691 g/mol. The molecule has 3 nitrogen and oxygen atoms in total.